The second-order valence-electron chi connectivity index (χ2n) is 4.97. The maximum atomic E-state index is 3.69. The number of hydrogen-bond acceptors (Lipinski definition) is 3. The highest BCUT2D eigenvalue weighted by atomic mass is 32.2. The Hall–Kier alpha value is 0.270. The first-order chi connectivity index (χ1) is 7.34. The van der Waals surface area contributed by atoms with Crippen LogP contribution in [0.2, 0.25) is 0 Å². The van der Waals surface area contributed by atoms with E-state index in [0.29, 0.717) is 6.04 Å². The topological polar surface area (TPSA) is 24.1 Å². The van der Waals surface area contributed by atoms with Gasteiger partial charge in [-0.1, -0.05) is 0 Å². The predicted octanol–water partition coefficient (Wildman–Crippen LogP) is 2.00. The molecule has 0 aromatic rings. The Morgan fingerprint density at radius 2 is 2.33 bits per heavy atom. The lowest BCUT2D eigenvalue weighted by atomic mass is 10.1. The maximum Gasteiger partial charge on any atom is 0.0172 e. The zero-order valence-electron chi connectivity index (χ0n) is 9.80. The van der Waals surface area contributed by atoms with Gasteiger partial charge in [0, 0.05) is 23.9 Å². The molecule has 0 saturated carbocycles. The van der Waals surface area contributed by atoms with Crippen molar-refractivity contribution >= 4 is 11.8 Å². The number of nitrogens with one attached hydrogen (secondary N) is 2. The molecule has 88 valence electrons. The fraction of sp³-hybridized carbons (Fsp3) is 1.00. The van der Waals surface area contributed by atoms with Gasteiger partial charge >= 0.3 is 0 Å². The van der Waals surface area contributed by atoms with Gasteiger partial charge in [0.25, 0.3) is 0 Å². The molecule has 2 nitrogen and oxygen atoms in total. The van der Waals surface area contributed by atoms with Crippen molar-refractivity contribution in [2.75, 3.05) is 18.8 Å². The van der Waals surface area contributed by atoms with E-state index in [9.17, 15) is 0 Å². The quantitative estimate of drug-likeness (QED) is 0.752. The van der Waals surface area contributed by atoms with Crippen LogP contribution in [-0.4, -0.2) is 36.2 Å². The molecule has 0 spiro atoms. The summed E-state index contributed by atoms with van der Waals surface area (Å²) in [6.07, 6.45) is 6.90. The zero-order valence-corrected chi connectivity index (χ0v) is 10.6. The van der Waals surface area contributed by atoms with Crippen LogP contribution < -0.4 is 10.6 Å². The van der Waals surface area contributed by atoms with Crippen LogP contribution in [0, 0.1) is 0 Å². The van der Waals surface area contributed by atoms with E-state index in [1.54, 1.807) is 0 Å². The molecular weight excluding hydrogens is 204 g/mol. The molecule has 2 fully saturated rings. The Labute approximate surface area is 98.0 Å². The standard InChI is InChI=1S/C12H24N2S/c1-10(8-11-4-2-6-13-11)14-9-12-5-3-7-15-12/h10-14H,2-9H2,1H3. The van der Waals surface area contributed by atoms with Gasteiger partial charge in [-0.2, -0.15) is 11.8 Å². The molecule has 15 heavy (non-hydrogen) atoms. The van der Waals surface area contributed by atoms with Gasteiger partial charge < -0.3 is 10.6 Å². The molecule has 0 amide bonds. The molecule has 2 saturated heterocycles. The zero-order chi connectivity index (χ0) is 10.5. The lowest BCUT2D eigenvalue weighted by molar-refractivity contribution is 0.439. The van der Waals surface area contributed by atoms with Crippen LogP contribution in [0.3, 0.4) is 0 Å². The molecule has 2 N–H and O–H groups in total. The van der Waals surface area contributed by atoms with E-state index < -0.39 is 0 Å². The molecule has 0 radical (unpaired) electrons. The summed E-state index contributed by atoms with van der Waals surface area (Å²) < 4.78 is 0. The Morgan fingerprint density at radius 3 is 3.00 bits per heavy atom. The first-order valence-electron chi connectivity index (χ1n) is 6.43. The molecule has 2 rings (SSSR count). The highest BCUT2D eigenvalue weighted by Crippen LogP contribution is 2.25. The average molecular weight is 228 g/mol. The maximum absolute atomic E-state index is 3.69. The van der Waals surface area contributed by atoms with E-state index in [4.69, 9.17) is 0 Å². The van der Waals surface area contributed by atoms with E-state index in [-0.39, 0.29) is 0 Å². The minimum absolute atomic E-state index is 0.682. The van der Waals surface area contributed by atoms with E-state index in [0.717, 1.165) is 11.3 Å². The van der Waals surface area contributed by atoms with Gasteiger partial charge in [0.1, 0.15) is 0 Å². The molecule has 0 aliphatic carbocycles. The Morgan fingerprint density at radius 1 is 1.40 bits per heavy atom. The predicted molar refractivity (Wildman–Crippen MR) is 68.6 cm³/mol. The van der Waals surface area contributed by atoms with Gasteiger partial charge in [-0.15, -0.1) is 0 Å². The van der Waals surface area contributed by atoms with Crippen LogP contribution in [-0.2, 0) is 0 Å². The van der Waals surface area contributed by atoms with Crippen molar-refractivity contribution in [1.29, 1.82) is 0 Å². The number of hydrogen-bond donors (Lipinski definition) is 2. The van der Waals surface area contributed by atoms with Crippen LogP contribution in [0.25, 0.3) is 0 Å². The second kappa shape index (κ2) is 6.12. The summed E-state index contributed by atoms with van der Waals surface area (Å²) in [5, 5.41) is 8.15. The highest BCUT2D eigenvalue weighted by Gasteiger charge is 2.19. The summed E-state index contributed by atoms with van der Waals surface area (Å²) in [6, 6.07) is 1.46. The summed E-state index contributed by atoms with van der Waals surface area (Å²) in [7, 11) is 0. The van der Waals surface area contributed by atoms with Crippen LogP contribution in [0.4, 0.5) is 0 Å². The first kappa shape index (κ1) is 11.7. The second-order valence-corrected chi connectivity index (χ2v) is 6.38. The molecule has 0 aromatic carbocycles. The molecule has 2 aliphatic rings. The third-order valence-electron chi connectivity index (χ3n) is 3.52. The normalized spacial score (nSPS) is 33.4. The summed E-state index contributed by atoms with van der Waals surface area (Å²) in [4.78, 5) is 0. The minimum atomic E-state index is 0.682. The van der Waals surface area contributed by atoms with Crippen LogP contribution in [0.15, 0.2) is 0 Å². The molecule has 2 aliphatic heterocycles. The Balaban J connectivity index is 1.57. The van der Waals surface area contributed by atoms with Crippen LogP contribution >= 0.6 is 11.8 Å². The molecule has 3 atom stereocenters. The number of thioether (sulfide) groups is 1. The fourth-order valence-electron chi connectivity index (χ4n) is 2.61. The first-order valence-corrected chi connectivity index (χ1v) is 7.48. The van der Waals surface area contributed by atoms with Crippen LogP contribution in [0.1, 0.15) is 39.0 Å². The Kier molecular flexibility index (Phi) is 4.79. The third kappa shape index (κ3) is 3.97. The third-order valence-corrected chi connectivity index (χ3v) is 4.92. The van der Waals surface area contributed by atoms with Crippen molar-refractivity contribution in [1.82, 2.24) is 10.6 Å². The monoisotopic (exact) mass is 228 g/mol. The van der Waals surface area contributed by atoms with E-state index in [2.05, 4.69) is 29.3 Å². The van der Waals surface area contributed by atoms with Crippen molar-refractivity contribution in [2.24, 2.45) is 0 Å². The molecule has 3 heteroatoms. The summed E-state index contributed by atoms with van der Waals surface area (Å²) in [6.45, 7) is 4.79. The van der Waals surface area contributed by atoms with Crippen molar-refractivity contribution in [2.45, 2.75) is 56.4 Å². The van der Waals surface area contributed by atoms with Gasteiger partial charge in [0.2, 0.25) is 0 Å². The van der Waals surface area contributed by atoms with Crippen LogP contribution in [0.5, 0.6) is 0 Å². The van der Waals surface area contributed by atoms with Gasteiger partial charge in [0.15, 0.2) is 0 Å². The van der Waals surface area contributed by atoms with Crippen molar-refractivity contribution in [3.8, 4) is 0 Å². The summed E-state index contributed by atoms with van der Waals surface area (Å²) in [5.74, 6) is 1.38. The SMILES string of the molecule is CC(CC1CCCN1)NCC1CCCS1. The fourth-order valence-corrected chi connectivity index (χ4v) is 3.82. The summed E-state index contributed by atoms with van der Waals surface area (Å²) in [5.41, 5.74) is 0. The molecule has 0 aromatic heterocycles. The van der Waals surface area contributed by atoms with Crippen molar-refractivity contribution < 1.29 is 0 Å². The van der Waals surface area contributed by atoms with E-state index in [1.165, 1.54) is 50.9 Å². The van der Waals surface area contributed by atoms with Gasteiger partial charge in [0.05, 0.1) is 0 Å². The van der Waals surface area contributed by atoms with Crippen molar-refractivity contribution in [3.05, 3.63) is 0 Å². The number of rotatable bonds is 5. The van der Waals surface area contributed by atoms with E-state index >= 15 is 0 Å². The largest absolute Gasteiger partial charge is 0.314 e. The Bertz CT molecular complexity index is 174. The summed E-state index contributed by atoms with van der Waals surface area (Å²) >= 11 is 2.15. The van der Waals surface area contributed by atoms with Gasteiger partial charge in [-0.25, -0.2) is 0 Å². The lowest BCUT2D eigenvalue weighted by Crippen LogP contribution is -2.36. The smallest absolute Gasteiger partial charge is 0.0172 e. The van der Waals surface area contributed by atoms with Crippen molar-refractivity contribution in [3.63, 3.8) is 0 Å². The molecule has 2 heterocycles. The molecular formula is C12H24N2S. The average Bonchev–Trinajstić information content (AvgIpc) is 2.86. The lowest BCUT2D eigenvalue weighted by Gasteiger charge is -2.20. The molecule has 0 bridgehead atoms. The van der Waals surface area contributed by atoms with Gasteiger partial charge in [-0.05, 0) is 51.3 Å². The van der Waals surface area contributed by atoms with E-state index in [1.807, 2.05) is 0 Å². The van der Waals surface area contributed by atoms with Gasteiger partial charge in [-0.3, -0.25) is 0 Å². The highest BCUT2D eigenvalue weighted by molar-refractivity contribution is 8.00. The molecule has 3 unspecified atom stereocenters. The minimum Gasteiger partial charge on any atom is -0.314 e.